The normalized spacial score (nSPS) is 18.6. The lowest BCUT2D eigenvalue weighted by molar-refractivity contribution is -0.152. The number of alkyl carbamates (subject to hydrolysis) is 1. The van der Waals surface area contributed by atoms with Crippen LogP contribution in [0, 0.1) is 11.3 Å². The number of hydrogen-bond donors (Lipinski definition) is 2. The zero-order chi connectivity index (χ0) is 21.9. The quantitative estimate of drug-likeness (QED) is 0.786. The SMILES string of the molecule is CC(C)[C@H](NC(=O)OC(C)C(C)(C)C)C(=O)N1Cc2ccccc2C[C@@H]1C(=O)O. The maximum Gasteiger partial charge on any atom is 0.408 e. The Kier molecular flexibility index (Phi) is 6.93. The Bertz CT molecular complexity index is 769. The average Bonchev–Trinajstić information content (AvgIpc) is 2.63. The molecule has 1 aromatic rings. The van der Waals surface area contributed by atoms with E-state index in [9.17, 15) is 19.5 Å². The minimum absolute atomic E-state index is 0.199. The topological polar surface area (TPSA) is 95.9 Å². The Hall–Kier alpha value is -2.57. The van der Waals surface area contributed by atoms with E-state index in [0.717, 1.165) is 11.1 Å². The van der Waals surface area contributed by atoms with Gasteiger partial charge in [0, 0.05) is 13.0 Å². The van der Waals surface area contributed by atoms with Crippen LogP contribution < -0.4 is 5.32 Å². The fraction of sp³-hybridized carbons (Fsp3) is 0.591. The molecule has 0 saturated heterocycles. The number of nitrogens with zero attached hydrogens (tertiary/aromatic N) is 1. The van der Waals surface area contributed by atoms with E-state index in [4.69, 9.17) is 4.74 Å². The van der Waals surface area contributed by atoms with Crippen LogP contribution in [0.4, 0.5) is 4.79 Å². The number of aliphatic carboxylic acids is 1. The van der Waals surface area contributed by atoms with Crippen molar-refractivity contribution in [1.82, 2.24) is 10.2 Å². The van der Waals surface area contributed by atoms with Crippen LogP contribution in [0.2, 0.25) is 0 Å². The number of nitrogens with one attached hydrogen (secondary N) is 1. The summed E-state index contributed by atoms with van der Waals surface area (Å²) in [6.07, 6.45) is -0.782. The summed E-state index contributed by atoms with van der Waals surface area (Å²) in [4.78, 5) is 38.9. The number of benzene rings is 1. The first-order valence-corrected chi connectivity index (χ1v) is 9.99. The third-order valence-electron chi connectivity index (χ3n) is 5.53. The van der Waals surface area contributed by atoms with Crippen molar-refractivity contribution in [3.05, 3.63) is 35.4 Å². The van der Waals surface area contributed by atoms with Crippen LogP contribution >= 0.6 is 0 Å². The highest BCUT2D eigenvalue weighted by molar-refractivity contribution is 5.90. The zero-order valence-corrected chi connectivity index (χ0v) is 18.1. The first kappa shape index (κ1) is 22.7. The molecule has 3 atom stereocenters. The first-order chi connectivity index (χ1) is 13.4. The van der Waals surface area contributed by atoms with Crippen molar-refractivity contribution in [2.75, 3.05) is 0 Å². The van der Waals surface area contributed by atoms with Crippen LogP contribution in [0.5, 0.6) is 0 Å². The molecule has 1 heterocycles. The molecular weight excluding hydrogens is 372 g/mol. The van der Waals surface area contributed by atoms with Gasteiger partial charge in [-0.05, 0) is 29.4 Å². The highest BCUT2D eigenvalue weighted by atomic mass is 16.6. The Morgan fingerprint density at radius 2 is 1.72 bits per heavy atom. The molecule has 1 aliphatic rings. The Labute approximate surface area is 172 Å². The average molecular weight is 405 g/mol. The third-order valence-corrected chi connectivity index (χ3v) is 5.53. The molecule has 29 heavy (non-hydrogen) atoms. The molecule has 1 aromatic carbocycles. The fourth-order valence-corrected chi connectivity index (χ4v) is 3.17. The van der Waals surface area contributed by atoms with Crippen LogP contribution in [0.3, 0.4) is 0 Å². The molecule has 0 aliphatic carbocycles. The second-order valence-corrected chi connectivity index (χ2v) is 9.07. The fourth-order valence-electron chi connectivity index (χ4n) is 3.17. The number of hydrogen-bond acceptors (Lipinski definition) is 4. The minimum atomic E-state index is -1.06. The van der Waals surface area contributed by atoms with E-state index in [1.165, 1.54) is 4.90 Å². The Morgan fingerprint density at radius 1 is 1.14 bits per heavy atom. The second kappa shape index (κ2) is 8.84. The van der Waals surface area contributed by atoms with Crippen molar-refractivity contribution in [1.29, 1.82) is 0 Å². The summed E-state index contributed by atoms with van der Waals surface area (Å²) >= 11 is 0. The predicted octanol–water partition coefficient (Wildman–Crippen LogP) is 3.21. The van der Waals surface area contributed by atoms with Gasteiger partial charge in [-0.3, -0.25) is 4.79 Å². The standard InChI is InChI=1S/C22H32N2O5/c1-13(2)18(23-21(28)29-14(3)22(4,5)6)19(25)24-12-16-10-8-7-9-15(16)11-17(24)20(26)27/h7-10,13-14,17-18H,11-12H2,1-6H3,(H,23,28)(H,26,27)/t14?,17-,18+/m1/s1. The van der Waals surface area contributed by atoms with Crippen LogP contribution in [0.15, 0.2) is 24.3 Å². The number of carboxylic acids is 1. The molecule has 2 rings (SSSR count). The van der Waals surface area contributed by atoms with E-state index in [0.29, 0.717) is 0 Å². The molecule has 0 saturated carbocycles. The number of carbonyl (C=O) groups excluding carboxylic acids is 2. The van der Waals surface area contributed by atoms with E-state index < -0.39 is 30.1 Å². The highest BCUT2D eigenvalue weighted by Gasteiger charge is 2.39. The van der Waals surface area contributed by atoms with Gasteiger partial charge < -0.3 is 20.1 Å². The lowest BCUT2D eigenvalue weighted by atomic mass is 9.90. The van der Waals surface area contributed by atoms with Crippen molar-refractivity contribution in [2.45, 2.75) is 72.7 Å². The molecule has 7 heteroatoms. The molecule has 0 aromatic heterocycles. The molecule has 160 valence electrons. The first-order valence-electron chi connectivity index (χ1n) is 9.99. The van der Waals surface area contributed by atoms with Crippen molar-refractivity contribution in [2.24, 2.45) is 11.3 Å². The summed E-state index contributed by atoms with van der Waals surface area (Å²) in [6, 6.07) is 5.67. The van der Waals surface area contributed by atoms with Gasteiger partial charge >= 0.3 is 12.1 Å². The van der Waals surface area contributed by atoms with E-state index in [-0.39, 0.29) is 30.4 Å². The van der Waals surface area contributed by atoms with Crippen molar-refractivity contribution >= 4 is 18.0 Å². The predicted molar refractivity (Wildman–Crippen MR) is 109 cm³/mol. The maximum atomic E-state index is 13.3. The van der Waals surface area contributed by atoms with Crippen molar-refractivity contribution < 1.29 is 24.2 Å². The van der Waals surface area contributed by atoms with Gasteiger partial charge in [0.2, 0.25) is 5.91 Å². The molecule has 0 fully saturated rings. The van der Waals surface area contributed by atoms with E-state index in [2.05, 4.69) is 5.32 Å². The zero-order valence-electron chi connectivity index (χ0n) is 18.1. The minimum Gasteiger partial charge on any atom is -0.480 e. The van der Waals surface area contributed by atoms with Crippen LogP contribution in [-0.2, 0) is 27.3 Å². The molecule has 2 N–H and O–H groups in total. The summed E-state index contributed by atoms with van der Waals surface area (Å²) in [5.74, 6) is -1.70. The van der Waals surface area contributed by atoms with Gasteiger partial charge in [-0.25, -0.2) is 9.59 Å². The summed E-state index contributed by atoms with van der Waals surface area (Å²) in [5.41, 5.74) is 1.61. The summed E-state index contributed by atoms with van der Waals surface area (Å²) in [5, 5.41) is 12.3. The van der Waals surface area contributed by atoms with Gasteiger partial charge in [-0.2, -0.15) is 0 Å². The molecule has 1 aliphatic heterocycles. The number of fused-ring (bicyclic) bond motifs is 1. The lowest BCUT2D eigenvalue weighted by Crippen LogP contribution is -2.57. The number of ether oxygens (including phenoxy) is 1. The van der Waals surface area contributed by atoms with Gasteiger partial charge in [-0.15, -0.1) is 0 Å². The lowest BCUT2D eigenvalue weighted by Gasteiger charge is -2.37. The van der Waals surface area contributed by atoms with Gasteiger partial charge in [0.1, 0.15) is 18.2 Å². The smallest absolute Gasteiger partial charge is 0.408 e. The number of carboxylic acid groups (broad SMARTS) is 1. The summed E-state index contributed by atoms with van der Waals surface area (Å²) < 4.78 is 5.43. The maximum absolute atomic E-state index is 13.3. The van der Waals surface area contributed by atoms with Crippen molar-refractivity contribution in [3.8, 4) is 0 Å². The highest BCUT2D eigenvalue weighted by Crippen LogP contribution is 2.26. The van der Waals surface area contributed by atoms with Crippen LogP contribution in [-0.4, -0.2) is 46.2 Å². The molecule has 0 bridgehead atoms. The number of amides is 2. The molecule has 2 amide bonds. The molecule has 0 radical (unpaired) electrons. The van der Waals surface area contributed by atoms with Crippen LogP contribution in [0.25, 0.3) is 0 Å². The van der Waals surface area contributed by atoms with Gasteiger partial charge in [0.25, 0.3) is 0 Å². The van der Waals surface area contributed by atoms with E-state index in [1.54, 1.807) is 6.92 Å². The van der Waals surface area contributed by atoms with Gasteiger partial charge in [-0.1, -0.05) is 58.9 Å². The summed E-state index contributed by atoms with van der Waals surface area (Å²) in [6.45, 7) is 11.5. The summed E-state index contributed by atoms with van der Waals surface area (Å²) in [7, 11) is 0. The van der Waals surface area contributed by atoms with Gasteiger partial charge in [0.15, 0.2) is 0 Å². The third kappa shape index (κ3) is 5.49. The van der Waals surface area contributed by atoms with Crippen molar-refractivity contribution in [3.63, 3.8) is 0 Å². The van der Waals surface area contributed by atoms with E-state index in [1.807, 2.05) is 58.9 Å². The largest absolute Gasteiger partial charge is 0.480 e. The second-order valence-electron chi connectivity index (χ2n) is 9.07. The number of carbonyl (C=O) groups is 3. The number of rotatable bonds is 5. The van der Waals surface area contributed by atoms with Crippen LogP contribution in [0.1, 0.15) is 52.7 Å². The monoisotopic (exact) mass is 404 g/mol. The molecule has 0 spiro atoms. The molecular formula is C22H32N2O5. The van der Waals surface area contributed by atoms with Gasteiger partial charge in [0.05, 0.1) is 0 Å². The molecule has 1 unspecified atom stereocenters. The Morgan fingerprint density at radius 3 is 2.24 bits per heavy atom. The Balaban J connectivity index is 2.21. The molecule has 7 nitrogen and oxygen atoms in total. The van der Waals surface area contributed by atoms with E-state index >= 15 is 0 Å².